The second-order valence-corrected chi connectivity index (χ2v) is 8.20. The molecule has 1 aromatic rings. The van der Waals surface area contributed by atoms with Crippen molar-refractivity contribution in [2.45, 2.75) is 64.5 Å². The maximum Gasteiger partial charge on any atom is 0.0233 e. The Kier molecular flexibility index (Phi) is 4.89. The van der Waals surface area contributed by atoms with Crippen molar-refractivity contribution < 1.29 is 0 Å². The van der Waals surface area contributed by atoms with Crippen molar-refractivity contribution in [2.24, 2.45) is 0 Å². The van der Waals surface area contributed by atoms with Gasteiger partial charge in [-0.15, -0.1) is 0 Å². The molecule has 0 atom stereocenters. The van der Waals surface area contributed by atoms with Crippen LogP contribution in [0.2, 0.25) is 0 Å². The fourth-order valence-corrected chi connectivity index (χ4v) is 3.92. The molecule has 0 amide bonds. The van der Waals surface area contributed by atoms with Gasteiger partial charge in [-0.3, -0.25) is 4.90 Å². The number of hydrogen-bond donors (Lipinski definition) is 0. The Morgan fingerprint density at radius 2 is 1.50 bits per heavy atom. The Labute approximate surface area is 136 Å². The van der Waals surface area contributed by atoms with Gasteiger partial charge in [0.05, 0.1) is 0 Å². The van der Waals surface area contributed by atoms with Crippen molar-refractivity contribution in [3.05, 3.63) is 35.4 Å². The molecule has 0 bridgehead atoms. The molecule has 0 N–H and O–H groups in total. The maximum atomic E-state index is 2.73. The summed E-state index contributed by atoms with van der Waals surface area (Å²) in [4.78, 5) is 5.37. The summed E-state index contributed by atoms with van der Waals surface area (Å²) in [5, 5.41) is 0. The van der Waals surface area contributed by atoms with Crippen molar-refractivity contribution in [2.75, 3.05) is 26.2 Å². The van der Waals surface area contributed by atoms with Gasteiger partial charge in [-0.2, -0.15) is 0 Å². The quantitative estimate of drug-likeness (QED) is 0.831. The normalized spacial score (nSPS) is 22.3. The molecular weight excluding hydrogens is 268 g/mol. The average Bonchev–Trinajstić information content (AvgIpc) is 3.02. The van der Waals surface area contributed by atoms with E-state index in [-0.39, 0.29) is 5.41 Å². The molecule has 0 spiro atoms. The van der Waals surface area contributed by atoms with Crippen LogP contribution >= 0.6 is 0 Å². The van der Waals surface area contributed by atoms with E-state index < -0.39 is 0 Å². The topological polar surface area (TPSA) is 6.48 Å². The lowest BCUT2D eigenvalue weighted by Crippen LogP contribution is -2.43. The lowest BCUT2D eigenvalue weighted by atomic mass is 9.86. The second-order valence-electron chi connectivity index (χ2n) is 8.20. The summed E-state index contributed by atoms with van der Waals surface area (Å²) in [6, 6.07) is 10.1. The molecule has 2 nitrogen and oxygen atoms in total. The third-order valence-corrected chi connectivity index (χ3v) is 5.44. The van der Waals surface area contributed by atoms with E-state index >= 15 is 0 Å². The Morgan fingerprint density at radius 1 is 0.909 bits per heavy atom. The summed E-state index contributed by atoms with van der Waals surface area (Å²) in [6.07, 6.45) is 5.56. The zero-order valence-corrected chi connectivity index (χ0v) is 14.6. The fraction of sp³-hybridized carbons (Fsp3) is 0.700. The monoisotopic (exact) mass is 300 g/mol. The first kappa shape index (κ1) is 16.0. The molecule has 0 unspecified atom stereocenters. The van der Waals surface area contributed by atoms with E-state index in [1.807, 2.05) is 0 Å². The smallest absolute Gasteiger partial charge is 0.0233 e. The minimum Gasteiger partial charge on any atom is -0.300 e. The van der Waals surface area contributed by atoms with Gasteiger partial charge in [0.1, 0.15) is 0 Å². The molecular formula is C20H32N2. The maximum absolute atomic E-state index is 2.73. The molecule has 2 fully saturated rings. The molecule has 22 heavy (non-hydrogen) atoms. The number of benzene rings is 1. The highest BCUT2D eigenvalue weighted by Gasteiger charge is 2.26. The van der Waals surface area contributed by atoms with Gasteiger partial charge in [0.25, 0.3) is 0 Å². The first-order chi connectivity index (χ1) is 10.5. The fourth-order valence-electron chi connectivity index (χ4n) is 3.92. The highest BCUT2D eigenvalue weighted by Crippen LogP contribution is 2.24. The van der Waals surface area contributed by atoms with Gasteiger partial charge in [0.2, 0.25) is 0 Å². The molecule has 122 valence electrons. The summed E-state index contributed by atoms with van der Waals surface area (Å²) < 4.78 is 0. The molecule has 2 aliphatic heterocycles. The van der Waals surface area contributed by atoms with Gasteiger partial charge in [-0.25, -0.2) is 0 Å². The minimum atomic E-state index is 0.257. The van der Waals surface area contributed by atoms with Crippen molar-refractivity contribution in [1.29, 1.82) is 0 Å². The van der Waals surface area contributed by atoms with Gasteiger partial charge in [0.15, 0.2) is 0 Å². The molecule has 0 radical (unpaired) electrons. The van der Waals surface area contributed by atoms with E-state index in [4.69, 9.17) is 0 Å². The summed E-state index contributed by atoms with van der Waals surface area (Å²) in [5.74, 6) is 0. The van der Waals surface area contributed by atoms with E-state index in [0.717, 1.165) is 12.6 Å². The highest BCUT2D eigenvalue weighted by molar-refractivity contribution is 5.27. The third-order valence-electron chi connectivity index (χ3n) is 5.44. The van der Waals surface area contributed by atoms with Crippen LogP contribution in [0, 0.1) is 0 Å². The van der Waals surface area contributed by atoms with E-state index in [1.165, 1.54) is 63.0 Å². The van der Waals surface area contributed by atoms with Crippen LogP contribution in [0.3, 0.4) is 0 Å². The molecule has 3 rings (SSSR count). The Hall–Kier alpha value is -0.860. The SMILES string of the molecule is CC(C)(C)c1ccc(CN2CCC(N3CCCC3)CC2)cc1. The number of nitrogens with zero attached hydrogens (tertiary/aromatic N) is 2. The van der Waals surface area contributed by atoms with E-state index in [0.29, 0.717) is 0 Å². The minimum absolute atomic E-state index is 0.257. The van der Waals surface area contributed by atoms with Crippen LogP contribution in [-0.2, 0) is 12.0 Å². The molecule has 1 aromatic carbocycles. The van der Waals surface area contributed by atoms with Crippen LogP contribution in [0.25, 0.3) is 0 Å². The average molecular weight is 300 g/mol. The van der Waals surface area contributed by atoms with Crippen molar-refractivity contribution >= 4 is 0 Å². The predicted octanol–water partition coefficient (Wildman–Crippen LogP) is 4.04. The second kappa shape index (κ2) is 6.72. The number of likely N-dealkylation sites (tertiary alicyclic amines) is 2. The molecule has 2 heteroatoms. The van der Waals surface area contributed by atoms with Gasteiger partial charge < -0.3 is 4.90 Å². The van der Waals surface area contributed by atoms with Crippen LogP contribution in [0.4, 0.5) is 0 Å². The first-order valence-corrected chi connectivity index (χ1v) is 9.08. The van der Waals surface area contributed by atoms with Gasteiger partial charge in [-0.1, -0.05) is 45.0 Å². The lowest BCUT2D eigenvalue weighted by Gasteiger charge is -2.36. The van der Waals surface area contributed by atoms with Crippen molar-refractivity contribution in [3.63, 3.8) is 0 Å². The van der Waals surface area contributed by atoms with Gasteiger partial charge >= 0.3 is 0 Å². The zero-order valence-electron chi connectivity index (χ0n) is 14.6. The van der Waals surface area contributed by atoms with Crippen LogP contribution in [0.15, 0.2) is 24.3 Å². The molecule has 2 aliphatic rings. The molecule has 0 saturated carbocycles. The molecule has 2 heterocycles. The lowest BCUT2D eigenvalue weighted by molar-refractivity contribution is 0.122. The first-order valence-electron chi connectivity index (χ1n) is 9.08. The van der Waals surface area contributed by atoms with Crippen molar-refractivity contribution in [1.82, 2.24) is 9.80 Å². The number of rotatable bonds is 3. The number of piperidine rings is 1. The van der Waals surface area contributed by atoms with Crippen LogP contribution in [0.5, 0.6) is 0 Å². The Morgan fingerprint density at radius 3 is 2.05 bits per heavy atom. The zero-order chi connectivity index (χ0) is 15.6. The van der Waals surface area contributed by atoms with Crippen LogP contribution in [0.1, 0.15) is 57.6 Å². The van der Waals surface area contributed by atoms with E-state index in [2.05, 4.69) is 54.8 Å². The molecule has 0 aromatic heterocycles. The summed E-state index contributed by atoms with van der Waals surface area (Å²) in [7, 11) is 0. The molecule has 0 aliphatic carbocycles. The summed E-state index contributed by atoms with van der Waals surface area (Å²) in [6.45, 7) is 13.2. The highest BCUT2D eigenvalue weighted by atomic mass is 15.2. The van der Waals surface area contributed by atoms with Gasteiger partial charge in [0, 0.05) is 12.6 Å². The molecule has 2 saturated heterocycles. The Bertz CT molecular complexity index is 457. The number of hydrogen-bond acceptors (Lipinski definition) is 2. The summed E-state index contributed by atoms with van der Waals surface area (Å²) >= 11 is 0. The third kappa shape index (κ3) is 3.91. The summed E-state index contributed by atoms with van der Waals surface area (Å²) in [5.41, 5.74) is 3.16. The van der Waals surface area contributed by atoms with Crippen LogP contribution in [-0.4, -0.2) is 42.0 Å². The van der Waals surface area contributed by atoms with Crippen LogP contribution < -0.4 is 0 Å². The largest absolute Gasteiger partial charge is 0.300 e. The predicted molar refractivity (Wildman–Crippen MR) is 94.2 cm³/mol. The Balaban J connectivity index is 1.50. The van der Waals surface area contributed by atoms with E-state index in [1.54, 1.807) is 0 Å². The standard InChI is InChI=1S/C20H32N2/c1-20(2,3)18-8-6-17(7-9-18)16-21-14-10-19(11-15-21)22-12-4-5-13-22/h6-9,19H,4-5,10-16H2,1-3H3. The van der Waals surface area contributed by atoms with E-state index in [9.17, 15) is 0 Å². The van der Waals surface area contributed by atoms with Gasteiger partial charge in [-0.05, 0) is 68.4 Å². The van der Waals surface area contributed by atoms with Crippen molar-refractivity contribution in [3.8, 4) is 0 Å².